The first-order valence-electron chi connectivity index (χ1n) is 5.28. The zero-order valence-electron chi connectivity index (χ0n) is 9.27. The van der Waals surface area contributed by atoms with Gasteiger partial charge in [0.1, 0.15) is 5.92 Å². The molecule has 0 saturated heterocycles. The smallest absolute Gasteiger partial charge is 0.234 e. The Bertz CT molecular complexity index is 365. The van der Waals surface area contributed by atoms with Crippen LogP contribution in [0, 0.1) is 0 Å². The Balaban J connectivity index is 2.84. The SMILES string of the molecule is CCCNC(=O)C(C(N)=S)c1ccccc1. The number of thiocarbonyl (C=S) groups is 1. The summed E-state index contributed by atoms with van der Waals surface area (Å²) in [5.74, 6) is -0.650. The van der Waals surface area contributed by atoms with Crippen LogP contribution in [0.1, 0.15) is 24.8 Å². The fourth-order valence-electron chi connectivity index (χ4n) is 1.44. The molecule has 4 heteroatoms. The normalized spacial score (nSPS) is 11.8. The monoisotopic (exact) mass is 236 g/mol. The van der Waals surface area contributed by atoms with Crippen molar-refractivity contribution in [2.24, 2.45) is 5.73 Å². The van der Waals surface area contributed by atoms with E-state index in [4.69, 9.17) is 18.0 Å². The molecular formula is C12H16N2OS. The number of hydrogen-bond donors (Lipinski definition) is 2. The largest absolute Gasteiger partial charge is 0.392 e. The van der Waals surface area contributed by atoms with Crippen molar-refractivity contribution in [3.8, 4) is 0 Å². The van der Waals surface area contributed by atoms with E-state index >= 15 is 0 Å². The number of nitrogens with one attached hydrogen (secondary N) is 1. The topological polar surface area (TPSA) is 55.1 Å². The second-order valence-electron chi connectivity index (χ2n) is 3.54. The van der Waals surface area contributed by atoms with Crippen LogP contribution in [-0.2, 0) is 4.79 Å². The van der Waals surface area contributed by atoms with Crippen LogP contribution in [0.3, 0.4) is 0 Å². The molecule has 1 aromatic carbocycles. The van der Waals surface area contributed by atoms with Crippen LogP contribution in [0.4, 0.5) is 0 Å². The third-order valence-electron chi connectivity index (χ3n) is 2.23. The fraction of sp³-hybridized carbons (Fsp3) is 0.333. The van der Waals surface area contributed by atoms with Crippen LogP contribution in [0.2, 0.25) is 0 Å². The van der Waals surface area contributed by atoms with Gasteiger partial charge in [0, 0.05) is 6.54 Å². The van der Waals surface area contributed by atoms with Crippen LogP contribution in [0.25, 0.3) is 0 Å². The van der Waals surface area contributed by atoms with Crippen LogP contribution in [-0.4, -0.2) is 17.4 Å². The molecule has 0 heterocycles. The molecule has 16 heavy (non-hydrogen) atoms. The van der Waals surface area contributed by atoms with E-state index in [1.165, 1.54) is 0 Å². The van der Waals surface area contributed by atoms with Gasteiger partial charge in [-0.15, -0.1) is 0 Å². The molecule has 1 amide bonds. The number of nitrogens with two attached hydrogens (primary N) is 1. The lowest BCUT2D eigenvalue weighted by atomic mass is 9.98. The Morgan fingerprint density at radius 1 is 1.44 bits per heavy atom. The van der Waals surface area contributed by atoms with E-state index in [9.17, 15) is 4.79 Å². The highest BCUT2D eigenvalue weighted by molar-refractivity contribution is 7.80. The van der Waals surface area contributed by atoms with Gasteiger partial charge in [0.15, 0.2) is 0 Å². The van der Waals surface area contributed by atoms with Gasteiger partial charge in [-0.3, -0.25) is 4.79 Å². The number of benzene rings is 1. The van der Waals surface area contributed by atoms with Crippen molar-refractivity contribution in [2.75, 3.05) is 6.54 Å². The summed E-state index contributed by atoms with van der Waals surface area (Å²) in [5.41, 5.74) is 6.45. The van der Waals surface area contributed by atoms with Gasteiger partial charge in [0.25, 0.3) is 0 Å². The summed E-state index contributed by atoms with van der Waals surface area (Å²) in [6, 6.07) is 9.34. The predicted molar refractivity (Wildman–Crippen MR) is 69.3 cm³/mol. The quantitative estimate of drug-likeness (QED) is 0.763. The summed E-state index contributed by atoms with van der Waals surface area (Å²) in [7, 11) is 0. The zero-order chi connectivity index (χ0) is 12.0. The standard InChI is InChI=1S/C12H16N2OS/c1-2-8-14-12(15)10(11(13)16)9-6-4-3-5-7-9/h3-7,10H,2,8H2,1H3,(H2,13,16)(H,14,15). The van der Waals surface area contributed by atoms with Gasteiger partial charge < -0.3 is 11.1 Å². The highest BCUT2D eigenvalue weighted by Gasteiger charge is 2.22. The van der Waals surface area contributed by atoms with Crippen molar-refractivity contribution in [1.82, 2.24) is 5.32 Å². The zero-order valence-corrected chi connectivity index (χ0v) is 10.1. The maximum Gasteiger partial charge on any atom is 0.234 e. The first-order chi connectivity index (χ1) is 7.66. The molecule has 0 aliphatic carbocycles. The molecule has 0 radical (unpaired) electrons. The minimum atomic E-state index is -0.525. The van der Waals surface area contributed by atoms with Gasteiger partial charge in [0.2, 0.25) is 5.91 Å². The average Bonchev–Trinajstić information content (AvgIpc) is 2.27. The summed E-state index contributed by atoms with van der Waals surface area (Å²) >= 11 is 4.94. The number of carbonyl (C=O) groups excluding carboxylic acids is 1. The molecule has 0 aliphatic heterocycles. The van der Waals surface area contributed by atoms with Crippen molar-refractivity contribution in [3.63, 3.8) is 0 Å². The van der Waals surface area contributed by atoms with E-state index in [1.807, 2.05) is 37.3 Å². The third-order valence-corrected chi connectivity index (χ3v) is 2.46. The summed E-state index contributed by atoms with van der Waals surface area (Å²) in [5, 5.41) is 2.81. The lowest BCUT2D eigenvalue weighted by Gasteiger charge is -2.15. The van der Waals surface area contributed by atoms with Crippen molar-refractivity contribution >= 4 is 23.1 Å². The second-order valence-corrected chi connectivity index (χ2v) is 4.01. The summed E-state index contributed by atoms with van der Waals surface area (Å²) < 4.78 is 0. The van der Waals surface area contributed by atoms with E-state index in [0.29, 0.717) is 6.54 Å². The first-order valence-corrected chi connectivity index (χ1v) is 5.69. The highest BCUT2D eigenvalue weighted by Crippen LogP contribution is 2.15. The van der Waals surface area contributed by atoms with Gasteiger partial charge in [-0.05, 0) is 12.0 Å². The van der Waals surface area contributed by atoms with Crippen molar-refractivity contribution < 1.29 is 4.79 Å². The summed E-state index contributed by atoms with van der Waals surface area (Å²) in [6.45, 7) is 2.64. The van der Waals surface area contributed by atoms with Gasteiger partial charge in [0.05, 0.1) is 4.99 Å². The number of amides is 1. The molecule has 1 atom stereocenters. The Morgan fingerprint density at radius 3 is 2.56 bits per heavy atom. The third kappa shape index (κ3) is 3.31. The maximum absolute atomic E-state index is 11.9. The first kappa shape index (κ1) is 12.6. The number of hydrogen-bond acceptors (Lipinski definition) is 2. The van der Waals surface area contributed by atoms with Crippen LogP contribution in [0.5, 0.6) is 0 Å². The van der Waals surface area contributed by atoms with Crippen molar-refractivity contribution in [3.05, 3.63) is 35.9 Å². The van der Waals surface area contributed by atoms with Gasteiger partial charge in [-0.2, -0.15) is 0 Å². The van der Waals surface area contributed by atoms with Crippen molar-refractivity contribution in [2.45, 2.75) is 19.3 Å². The second kappa shape index (κ2) is 6.23. The Hall–Kier alpha value is -1.42. The van der Waals surface area contributed by atoms with Crippen LogP contribution < -0.4 is 11.1 Å². The van der Waals surface area contributed by atoms with Crippen LogP contribution >= 0.6 is 12.2 Å². The van der Waals surface area contributed by atoms with Gasteiger partial charge in [-0.1, -0.05) is 49.5 Å². The fourth-order valence-corrected chi connectivity index (χ4v) is 1.68. The Labute approximate surface area is 101 Å². The summed E-state index contributed by atoms with van der Waals surface area (Å²) in [4.78, 5) is 12.1. The predicted octanol–water partition coefficient (Wildman–Crippen LogP) is 1.58. The molecule has 0 saturated carbocycles. The molecule has 3 N–H and O–H groups in total. The molecule has 0 bridgehead atoms. The molecular weight excluding hydrogens is 220 g/mol. The van der Waals surface area contributed by atoms with E-state index in [-0.39, 0.29) is 10.9 Å². The van der Waals surface area contributed by atoms with Crippen molar-refractivity contribution in [1.29, 1.82) is 0 Å². The minimum absolute atomic E-state index is 0.124. The summed E-state index contributed by atoms with van der Waals surface area (Å²) in [6.07, 6.45) is 0.893. The maximum atomic E-state index is 11.9. The molecule has 0 aliphatic rings. The number of carbonyl (C=O) groups is 1. The van der Waals surface area contributed by atoms with E-state index in [1.54, 1.807) is 0 Å². The number of rotatable bonds is 5. The lowest BCUT2D eigenvalue weighted by molar-refractivity contribution is -0.121. The average molecular weight is 236 g/mol. The molecule has 3 nitrogen and oxygen atoms in total. The molecule has 1 aromatic rings. The molecule has 0 fully saturated rings. The van der Waals surface area contributed by atoms with Gasteiger partial charge in [-0.25, -0.2) is 0 Å². The van der Waals surface area contributed by atoms with E-state index < -0.39 is 5.92 Å². The lowest BCUT2D eigenvalue weighted by Crippen LogP contribution is -2.36. The van der Waals surface area contributed by atoms with E-state index in [0.717, 1.165) is 12.0 Å². The highest BCUT2D eigenvalue weighted by atomic mass is 32.1. The molecule has 0 aromatic heterocycles. The van der Waals surface area contributed by atoms with Crippen LogP contribution in [0.15, 0.2) is 30.3 Å². The van der Waals surface area contributed by atoms with Gasteiger partial charge >= 0.3 is 0 Å². The molecule has 86 valence electrons. The Kier molecular flexibility index (Phi) is 4.92. The minimum Gasteiger partial charge on any atom is -0.392 e. The molecule has 1 rings (SSSR count). The Morgan fingerprint density at radius 2 is 2.06 bits per heavy atom. The van der Waals surface area contributed by atoms with E-state index in [2.05, 4.69) is 5.32 Å². The molecule has 0 spiro atoms. The molecule has 1 unspecified atom stereocenters.